The summed E-state index contributed by atoms with van der Waals surface area (Å²) in [5, 5.41) is 10.0. The quantitative estimate of drug-likeness (QED) is 0.888. The summed E-state index contributed by atoms with van der Waals surface area (Å²) in [6, 6.07) is 4.47. The Morgan fingerprint density at radius 3 is 2.74 bits per heavy atom. The van der Waals surface area contributed by atoms with Crippen molar-refractivity contribution in [2.24, 2.45) is 0 Å². The Balaban J connectivity index is 1.73. The first-order valence-electron chi connectivity index (χ1n) is 8.29. The van der Waals surface area contributed by atoms with Crippen LogP contribution in [0.15, 0.2) is 12.1 Å². The maximum atomic E-state index is 9.42. The van der Waals surface area contributed by atoms with E-state index in [4.69, 9.17) is 21.1 Å². The largest absolute Gasteiger partial charge is 0.486 e. The van der Waals surface area contributed by atoms with Gasteiger partial charge in [0.15, 0.2) is 11.5 Å². The van der Waals surface area contributed by atoms with Crippen molar-refractivity contribution >= 4 is 11.6 Å². The molecule has 0 bridgehead atoms. The van der Waals surface area contributed by atoms with Gasteiger partial charge in [-0.15, -0.1) is 0 Å². The molecule has 0 aromatic heterocycles. The summed E-state index contributed by atoms with van der Waals surface area (Å²) in [7, 11) is 2.16. The molecule has 5 nitrogen and oxygen atoms in total. The molecule has 6 heteroatoms. The number of hydrogen-bond donors (Lipinski definition) is 1. The molecule has 23 heavy (non-hydrogen) atoms. The van der Waals surface area contributed by atoms with Crippen LogP contribution in [0.1, 0.15) is 18.4 Å². The third-order valence-corrected chi connectivity index (χ3v) is 4.91. The highest BCUT2D eigenvalue weighted by atomic mass is 35.5. The molecule has 2 heterocycles. The molecule has 1 N–H and O–H groups in total. The fourth-order valence-corrected chi connectivity index (χ4v) is 3.66. The SMILES string of the molecule is CN1CCC(N(CCO)Cc2cc(Cl)c3c(c2)OCCO3)CC1. The minimum absolute atomic E-state index is 0.171. The Morgan fingerprint density at radius 2 is 2.00 bits per heavy atom. The second-order valence-electron chi connectivity index (χ2n) is 6.33. The number of fused-ring (bicyclic) bond motifs is 1. The average Bonchev–Trinajstić information content (AvgIpc) is 2.55. The molecule has 128 valence electrons. The van der Waals surface area contributed by atoms with Gasteiger partial charge in [-0.1, -0.05) is 11.6 Å². The Kier molecular flexibility index (Phi) is 5.64. The maximum Gasteiger partial charge on any atom is 0.179 e. The van der Waals surface area contributed by atoms with Gasteiger partial charge in [-0.05, 0) is 50.7 Å². The molecule has 0 radical (unpaired) electrons. The first-order valence-corrected chi connectivity index (χ1v) is 8.66. The lowest BCUT2D eigenvalue weighted by Gasteiger charge is -2.37. The monoisotopic (exact) mass is 340 g/mol. The van der Waals surface area contributed by atoms with Gasteiger partial charge < -0.3 is 19.5 Å². The lowest BCUT2D eigenvalue weighted by atomic mass is 10.0. The second-order valence-corrected chi connectivity index (χ2v) is 6.74. The topological polar surface area (TPSA) is 45.2 Å². The molecular formula is C17H25ClN2O3. The molecule has 2 aliphatic heterocycles. The number of aliphatic hydroxyl groups is 1. The Labute approximate surface area is 142 Å². The second kappa shape index (κ2) is 7.71. The summed E-state index contributed by atoms with van der Waals surface area (Å²) >= 11 is 6.33. The Hall–Kier alpha value is -1.01. The van der Waals surface area contributed by atoms with E-state index in [1.54, 1.807) is 0 Å². The molecule has 0 unspecified atom stereocenters. The predicted octanol–water partition coefficient (Wildman–Crippen LogP) is 2.00. The molecule has 0 atom stereocenters. The van der Waals surface area contributed by atoms with E-state index in [-0.39, 0.29) is 6.61 Å². The lowest BCUT2D eigenvalue weighted by Crippen LogP contribution is -2.44. The van der Waals surface area contributed by atoms with Crippen LogP contribution in [0.3, 0.4) is 0 Å². The van der Waals surface area contributed by atoms with Crippen LogP contribution >= 0.6 is 11.6 Å². The minimum Gasteiger partial charge on any atom is -0.486 e. The van der Waals surface area contributed by atoms with Crippen LogP contribution in [-0.2, 0) is 6.54 Å². The molecular weight excluding hydrogens is 316 g/mol. The Bertz CT molecular complexity index is 533. The van der Waals surface area contributed by atoms with Gasteiger partial charge in [0.2, 0.25) is 0 Å². The number of hydrogen-bond acceptors (Lipinski definition) is 5. The number of aliphatic hydroxyl groups excluding tert-OH is 1. The zero-order valence-corrected chi connectivity index (χ0v) is 14.4. The van der Waals surface area contributed by atoms with Crippen molar-refractivity contribution in [2.75, 3.05) is 46.5 Å². The molecule has 0 amide bonds. The van der Waals surface area contributed by atoms with E-state index in [1.807, 2.05) is 12.1 Å². The molecule has 1 saturated heterocycles. The van der Waals surface area contributed by atoms with E-state index in [0.29, 0.717) is 36.6 Å². The average molecular weight is 341 g/mol. The van der Waals surface area contributed by atoms with E-state index in [2.05, 4.69) is 16.8 Å². The van der Waals surface area contributed by atoms with Crippen molar-refractivity contribution in [3.63, 3.8) is 0 Å². The summed E-state index contributed by atoms with van der Waals surface area (Å²) < 4.78 is 11.2. The molecule has 0 spiro atoms. The predicted molar refractivity (Wildman–Crippen MR) is 90.5 cm³/mol. The van der Waals surface area contributed by atoms with E-state index < -0.39 is 0 Å². The van der Waals surface area contributed by atoms with Crippen molar-refractivity contribution in [3.05, 3.63) is 22.7 Å². The van der Waals surface area contributed by atoms with Crippen LogP contribution in [0, 0.1) is 0 Å². The molecule has 1 fully saturated rings. The van der Waals surface area contributed by atoms with E-state index >= 15 is 0 Å². The van der Waals surface area contributed by atoms with E-state index in [0.717, 1.165) is 43.8 Å². The summed E-state index contributed by atoms with van der Waals surface area (Å²) in [6.07, 6.45) is 2.27. The zero-order valence-electron chi connectivity index (χ0n) is 13.6. The minimum atomic E-state index is 0.171. The lowest BCUT2D eigenvalue weighted by molar-refractivity contribution is 0.0939. The summed E-state index contributed by atoms with van der Waals surface area (Å²) in [5.74, 6) is 1.38. The van der Waals surface area contributed by atoms with Crippen molar-refractivity contribution in [3.8, 4) is 11.5 Å². The van der Waals surface area contributed by atoms with Crippen LogP contribution in [0.2, 0.25) is 5.02 Å². The highest BCUT2D eigenvalue weighted by Gasteiger charge is 2.24. The van der Waals surface area contributed by atoms with Crippen LogP contribution in [-0.4, -0.2) is 67.5 Å². The number of halogens is 1. The van der Waals surface area contributed by atoms with Gasteiger partial charge in [0, 0.05) is 19.1 Å². The highest BCUT2D eigenvalue weighted by Crippen LogP contribution is 2.38. The zero-order chi connectivity index (χ0) is 16.2. The highest BCUT2D eigenvalue weighted by molar-refractivity contribution is 6.32. The smallest absolute Gasteiger partial charge is 0.179 e. The molecule has 3 rings (SSSR count). The number of likely N-dealkylation sites (tertiary alicyclic amines) is 1. The molecule has 0 aliphatic carbocycles. The standard InChI is InChI=1S/C17H25ClN2O3/c1-19-4-2-14(3-5-19)20(6-7-21)12-13-10-15(18)17-16(11-13)22-8-9-23-17/h10-11,14,21H,2-9,12H2,1H3. The fraction of sp³-hybridized carbons (Fsp3) is 0.647. The third-order valence-electron chi connectivity index (χ3n) is 4.63. The molecule has 1 aromatic rings. The summed E-state index contributed by atoms with van der Waals surface area (Å²) in [6.45, 7) is 4.93. The van der Waals surface area contributed by atoms with Crippen LogP contribution in [0.25, 0.3) is 0 Å². The van der Waals surface area contributed by atoms with Gasteiger partial charge in [-0.3, -0.25) is 4.90 Å². The van der Waals surface area contributed by atoms with Crippen molar-refractivity contribution in [1.82, 2.24) is 9.80 Å². The molecule has 0 saturated carbocycles. The summed E-state index contributed by atoms with van der Waals surface area (Å²) in [4.78, 5) is 4.71. The summed E-state index contributed by atoms with van der Waals surface area (Å²) in [5.41, 5.74) is 1.10. The van der Waals surface area contributed by atoms with Crippen LogP contribution in [0.5, 0.6) is 11.5 Å². The van der Waals surface area contributed by atoms with Gasteiger partial charge in [-0.25, -0.2) is 0 Å². The number of ether oxygens (including phenoxy) is 2. The fourth-order valence-electron chi connectivity index (χ4n) is 3.37. The number of benzene rings is 1. The number of nitrogens with zero attached hydrogens (tertiary/aromatic N) is 2. The number of rotatable bonds is 5. The van der Waals surface area contributed by atoms with Crippen molar-refractivity contribution in [1.29, 1.82) is 0 Å². The van der Waals surface area contributed by atoms with E-state index in [1.165, 1.54) is 0 Å². The first-order chi connectivity index (χ1) is 11.2. The van der Waals surface area contributed by atoms with E-state index in [9.17, 15) is 5.11 Å². The van der Waals surface area contributed by atoms with Gasteiger partial charge in [-0.2, -0.15) is 0 Å². The van der Waals surface area contributed by atoms with Crippen LogP contribution < -0.4 is 9.47 Å². The Morgan fingerprint density at radius 1 is 1.26 bits per heavy atom. The number of piperidine rings is 1. The third kappa shape index (κ3) is 4.10. The van der Waals surface area contributed by atoms with Gasteiger partial charge in [0.05, 0.1) is 11.6 Å². The van der Waals surface area contributed by atoms with Gasteiger partial charge in [0.25, 0.3) is 0 Å². The maximum absolute atomic E-state index is 9.42. The van der Waals surface area contributed by atoms with Crippen LogP contribution in [0.4, 0.5) is 0 Å². The normalized spacial score (nSPS) is 19.3. The molecule has 2 aliphatic rings. The van der Waals surface area contributed by atoms with Crippen molar-refractivity contribution in [2.45, 2.75) is 25.4 Å². The first kappa shape index (κ1) is 16.8. The van der Waals surface area contributed by atoms with Gasteiger partial charge in [0.1, 0.15) is 13.2 Å². The van der Waals surface area contributed by atoms with Crippen molar-refractivity contribution < 1.29 is 14.6 Å². The molecule has 1 aromatic carbocycles. The van der Waals surface area contributed by atoms with Gasteiger partial charge >= 0.3 is 0 Å².